The maximum atomic E-state index is 12.6. The van der Waals surface area contributed by atoms with Gasteiger partial charge in [0, 0.05) is 19.9 Å². The number of rotatable bonds is 7. The van der Waals surface area contributed by atoms with Crippen LogP contribution in [-0.4, -0.2) is 35.0 Å². The van der Waals surface area contributed by atoms with Crippen LogP contribution in [0.15, 0.2) is 40.8 Å². The zero-order valence-electron chi connectivity index (χ0n) is 14.3. The van der Waals surface area contributed by atoms with Gasteiger partial charge < -0.3 is 14.4 Å². The summed E-state index contributed by atoms with van der Waals surface area (Å²) in [7, 11) is 1.50. The third-order valence-electron chi connectivity index (χ3n) is 4.15. The van der Waals surface area contributed by atoms with Gasteiger partial charge in [0.15, 0.2) is 5.76 Å². The molecule has 0 fully saturated rings. The molecule has 1 aromatic carbocycles. The smallest absolute Gasteiger partial charge is 0.326 e. The molecule has 0 aliphatic rings. The molecule has 5 heteroatoms. The van der Waals surface area contributed by atoms with Crippen molar-refractivity contribution in [3.8, 4) is 0 Å². The zero-order valence-corrected chi connectivity index (χ0v) is 14.3. The molecule has 2 rings (SSSR count). The molecule has 128 valence electrons. The quantitative estimate of drug-likeness (QED) is 0.847. The van der Waals surface area contributed by atoms with Crippen molar-refractivity contribution in [2.75, 3.05) is 7.05 Å². The molecule has 0 bridgehead atoms. The third kappa shape index (κ3) is 3.85. The Labute approximate surface area is 141 Å². The van der Waals surface area contributed by atoms with Crippen LogP contribution in [0.2, 0.25) is 0 Å². The van der Waals surface area contributed by atoms with E-state index in [1.165, 1.54) is 11.9 Å². The van der Waals surface area contributed by atoms with E-state index in [1.54, 1.807) is 6.07 Å². The minimum atomic E-state index is -1.03. The molecule has 0 saturated carbocycles. The van der Waals surface area contributed by atoms with Crippen molar-refractivity contribution in [2.24, 2.45) is 0 Å². The second-order valence-electron chi connectivity index (χ2n) is 5.73. The number of nitrogens with zero attached hydrogens (tertiary/aromatic N) is 1. The fourth-order valence-corrected chi connectivity index (χ4v) is 2.71. The van der Waals surface area contributed by atoms with Crippen LogP contribution in [0, 0.1) is 0 Å². The second kappa shape index (κ2) is 7.81. The number of furan rings is 1. The van der Waals surface area contributed by atoms with Crippen LogP contribution < -0.4 is 0 Å². The lowest BCUT2D eigenvalue weighted by molar-refractivity contribution is -0.141. The van der Waals surface area contributed by atoms with Crippen molar-refractivity contribution < 1.29 is 19.1 Å². The van der Waals surface area contributed by atoms with Crippen LogP contribution in [0.3, 0.4) is 0 Å². The Morgan fingerprint density at radius 1 is 1.17 bits per heavy atom. The number of likely N-dealkylation sites (N-methyl/N-ethyl adjacent to an activating group) is 1. The molecule has 1 unspecified atom stereocenters. The molecule has 0 spiro atoms. The molecule has 1 aromatic heterocycles. The standard InChI is InChI=1S/C19H23NO4/c1-4-14-12-17(24-16(14)5-2)18(21)20(3)15(19(22)23)11-13-9-7-6-8-10-13/h6-10,12,15H,4-5,11H2,1-3H3,(H,22,23). The molecule has 1 N–H and O–H groups in total. The topological polar surface area (TPSA) is 70.8 Å². The largest absolute Gasteiger partial charge is 0.480 e. The van der Waals surface area contributed by atoms with E-state index in [0.29, 0.717) is 6.42 Å². The molecule has 1 atom stereocenters. The highest BCUT2D eigenvalue weighted by molar-refractivity contribution is 5.94. The lowest BCUT2D eigenvalue weighted by Crippen LogP contribution is -2.43. The Balaban J connectivity index is 2.22. The van der Waals surface area contributed by atoms with Crippen molar-refractivity contribution in [3.63, 3.8) is 0 Å². The van der Waals surface area contributed by atoms with Crippen molar-refractivity contribution in [1.82, 2.24) is 4.90 Å². The molecule has 24 heavy (non-hydrogen) atoms. The molecule has 0 saturated heterocycles. The minimum absolute atomic E-state index is 0.200. The lowest BCUT2D eigenvalue weighted by atomic mass is 10.0. The van der Waals surface area contributed by atoms with E-state index < -0.39 is 17.9 Å². The Hall–Kier alpha value is -2.56. The first kappa shape index (κ1) is 17.8. The van der Waals surface area contributed by atoms with E-state index in [-0.39, 0.29) is 12.2 Å². The number of benzene rings is 1. The fourth-order valence-electron chi connectivity index (χ4n) is 2.71. The van der Waals surface area contributed by atoms with Crippen molar-refractivity contribution >= 4 is 11.9 Å². The molecule has 0 aliphatic heterocycles. The summed E-state index contributed by atoms with van der Waals surface area (Å²) in [6.45, 7) is 3.96. The van der Waals surface area contributed by atoms with E-state index in [0.717, 1.165) is 23.3 Å². The van der Waals surface area contributed by atoms with Crippen LogP contribution in [0.5, 0.6) is 0 Å². The van der Waals surface area contributed by atoms with Crippen LogP contribution in [0.25, 0.3) is 0 Å². The van der Waals surface area contributed by atoms with E-state index in [2.05, 4.69) is 0 Å². The molecule has 1 amide bonds. The van der Waals surface area contributed by atoms with E-state index in [4.69, 9.17) is 4.42 Å². The van der Waals surface area contributed by atoms with Crippen LogP contribution in [0.4, 0.5) is 0 Å². The number of carboxylic acid groups (broad SMARTS) is 1. The fraction of sp³-hybridized carbons (Fsp3) is 0.368. The van der Waals surface area contributed by atoms with Crippen LogP contribution in [0.1, 0.15) is 41.3 Å². The van der Waals surface area contributed by atoms with Crippen molar-refractivity contribution in [2.45, 2.75) is 39.2 Å². The number of carboxylic acids is 1. The average molecular weight is 329 g/mol. The van der Waals surface area contributed by atoms with Gasteiger partial charge in [0.2, 0.25) is 0 Å². The maximum absolute atomic E-state index is 12.6. The summed E-state index contributed by atoms with van der Waals surface area (Å²) in [5, 5.41) is 9.53. The highest BCUT2D eigenvalue weighted by atomic mass is 16.4. The molecule has 1 heterocycles. The first-order valence-corrected chi connectivity index (χ1v) is 8.13. The molecular weight excluding hydrogens is 306 g/mol. The number of hydrogen-bond donors (Lipinski definition) is 1. The predicted molar refractivity (Wildman–Crippen MR) is 91.1 cm³/mol. The highest BCUT2D eigenvalue weighted by Gasteiger charge is 2.29. The Morgan fingerprint density at radius 2 is 1.83 bits per heavy atom. The van der Waals surface area contributed by atoms with E-state index in [9.17, 15) is 14.7 Å². The third-order valence-corrected chi connectivity index (χ3v) is 4.15. The summed E-state index contributed by atoms with van der Waals surface area (Å²) in [5.41, 5.74) is 1.86. The SMILES string of the molecule is CCc1cc(C(=O)N(C)C(Cc2ccccc2)C(=O)O)oc1CC. The summed E-state index contributed by atoms with van der Waals surface area (Å²) < 4.78 is 5.63. The Bertz CT molecular complexity index is 684. The number of carbonyl (C=O) groups excluding carboxylic acids is 1. The first-order valence-electron chi connectivity index (χ1n) is 8.13. The molecule has 5 nitrogen and oxygen atoms in total. The van der Waals surface area contributed by atoms with Crippen LogP contribution >= 0.6 is 0 Å². The monoisotopic (exact) mass is 329 g/mol. The maximum Gasteiger partial charge on any atom is 0.326 e. The summed E-state index contributed by atoms with van der Waals surface area (Å²) in [6.07, 6.45) is 1.73. The average Bonchev–Trinajstić information content (AvgIpc) is 3.02. The number of amides is 1. The van der Waals surface area contributed by atoms with Gasteiger partial charge in [-0.25, -0.2) is 4.79 Å². The zero-order chi connectivity index (χ0) is 17.7. The number of aliphatic carboxylic acids is 1. The van der Waals surface area contributed by atoms with Gasteiger partial charge in [0.25, 0.3) is 5.91 Å². The van der Waals surface area contributed by atoms with Crippen molar-refractivity contribution in [3.05, 3.63) is 59.0 Å². The Kier molecular flexibility index (Phi) is 5.79. The van der Waals surface area contributed by atoms with Gasteiger partial charge in [-0.3, -0.25) is 4.79 Å². The number of aryl methyl sites for hydroxylation is 2. The predicted octanol–water partition coefficient (Wildman–Crippen LogP) is 3.17. The molecular formula is C19H23NO4. The minimum Gasteiger partial charge on any atom is -0.480 e. The number of hydrogen-bond acceptors (Lipinski definition) is 3. The summed E-state index contributed by atoms with van der Waals surface area (Å²) in [6, 6.07) is 10.1. The van der Waals surface area contributed by atoms with Gasteiger partial charge in [0.1, 0.15) is 11.8 Å². The summed E-state index contributed by atoms with van der Waals surface area (Å²) in [4.78, 5) is 25.5. The van der Waals surface area contributed by atoms with Crippen LogP contribution in [-0.2, 0) is 24.1 Å². The Morgan fingerprint density at radius 3 is 2.33 bits per heavy atom. The van der Waals surface area contributed by atoms with Gasteiger partial charge in [-0.15, -0.1) is 0 Å². The summed E-state index contributed by atoms with van der Waals surface area (Å²) in [5.74, 6) is -0.463. The first-order chi connectivity index (χ1) is 11.5. The van der Waals surface area contributed by atoms with Gasteiger partial charge in [-0.05, 0) is 23.6 Å². The van der Waals surface area contributed by atoms with Gasteiger partial charge in [0.05, 0.1) is 0 Å². The van der Waals surface area contributed by atoms with Gasteiger partial charge in [-0.1, -0.05) is 44.2 Å². The lowest BCUT2D eigenvalue weighted by Gasteiger charge is -2.24. The number of carbonyl (C=O) groups is 2. The van der Waals surface area contributed by atoms with Crippen molar-refractivity contribution in [1.29, 1.82) is 0 Å². The van der Waals surface area contributed by atoms with E-state index >= 15 is 0 Å². The highest BCUT2D eigenvalue weighted by Crippen LogP contribution is 2.20. The van der Waals surface area contributed by atoms with E-state index in [1.807, 2.05) is 44.2 Å². The normalized spacial score (nSPS) is 12.0. The van der Waals surface area contributed by atoms with Gasteiger partial charge in [-0.2, -0.15) is 0 Å². The molecule has 2 aromatic rings. The molecule has 0 radical (unpaired) electrons. The van der Waals surface area contributed by atoms with Gasteiger partial charge >= 0.3 is 5.97 Å². The summed E-state index contributed by atoms with van der Waals surface area (Å²) >= 11 is 0. The molecule has 0 aliphatic carbocycles. The second-order valence-corrected chi connectivity index (χ2v) is 5.73.